The second-order valence-electron chi connectivity index (χ2n) is 3.68. The quantitative estimate of drug-likeness (QED) is 0.758. The van der Waals surface area contributed by atoms with E-state index in [2.05, 4.69) is 5.32 Å². The molecule has 0 aliphatic carbocycles. The van der Waals surface area contributed by atoms with Crippen LogP contribution in [0, 0.1) is 5.82 Å². The van der Waals surface area contributed by atoms with Gasteiger partial charge in [-0.05, 0) is 25.1 Å². The first-order valence-corrected chi connectivity index (χ1v) is 7.09. The lowest BCUT2D eigenvalue weighted by Crippen LogP contribution is -2.17. The van der Waals surface area contributed by atoms with Gasteiger partial charge >= 0.3 is 0 Å². The number of carbonyl (C=O) groups is 1. The van der Waals surface area contributed by atoms with Gasteiger partial charge < -0.3 is 10.1 Å². The second-order valence-corrected chi connectivity index (χ2v) is 5.24. The standard InChI is InChI=1S/C11H15FN2O4S/c1-2-18-6-5-11(15)14-10-7-8(19(13,16)17)3-4-9(10)12/h3-4,7H,2,5-6H2,1H3,(H,14,15)(H2,13,16,17). The van der Waals surface area contributed by atoms with Crippen LogP contribution in [-0.2, 0) is 19.6 Å². The molecule has 0 heterocycles. The number of carbonyl (C=O) groups excluding carboxylic acids is 1. The van der Waals surface area contributed by atoms with Crippen molar-refractivity contribution in [2.45, 2.75) is 18.2 Å². The van der Waals surface area contributed by atoms with Crippen LogP contribution in [0.25, 0.3) is 0 Å². The number of amides is 1. The number of primary sulfonamides is 1. The number of anilines is 1. The Hall–Kier alpha value is -1.51. The molecular formula is C11H15FN2O4S. The lowest BCUT2D eigenvalue weighted by atomic mass is 10.3. The molecule has 0 aliphatic heterocycles. The van der Waals surface area contributed by atoms with Crippen LogP contribution in [-0.4, -0.2) is 27.5 Å². The molecule has 0 aliphatic rings. The Balaban J connectivity index is 2.80. The van der Waals surface area contributed by atoms with E-state index in [9.17, 15) is 17.6 Å². The van der Waals surface area contributed by atoms with E-state index < -0.39 is 21.7 Å². The molecule has 0 saturated heterocycles. The molecule has 3 N–H and O–H groups in total. The van der Waals surface area contributed by atoms with Crippen LogP contribution in [0.3, 0.4) is 0 Å². The number of sulfonamides is 1. The van der Waals surface area contributed by atoms with E-state index in [4.69, 9.17) is 9.88 Å². The Kier molecular flexibility index (Phi) is 5.40. The van der Waals surface area contributed by atoms with Crippen LogP contribution in [0.4, 0.5) is 10.1 Å². The van der Waals surface area contributed by atoms with Crippen molar-refractivity contribution in [3.8, 4) is 0 Å². The van der Waals surface area contributed by atoms with Crippen LogP contribution in [0.2, 0.25) is 0 Å². The molecule has 0 saturated carbocycles. The lowest BCUT2D eigenvalue weighted by Gasteiger charge is -2.08. The maximum absolute atomic E-state index is 13.4. The first-order valence-electron chi connectivity index (χ1n) is 5.54. The SMILES string of the molecule is CCOCCC(=O)Nc1cc(S(N)(=O)=O)ccc1F. The van der Waals surface area contributed by atoms with Crippen molar-refractivity contribution in [1.82, 2.24) is 0 Å². The summed E-state index contributed by atoms with van der Waals surface area (Å²) in [6, 6.07) is 2.93. The predicted octanol–water partition coefficient (Wildman–Crippen LogP) is 0.838. The number of halogens is 1. The van der Waals surface area contributed by atoms with E-state index in [0.29, 0.717) is 6.61 Å². The van der Waals surface area contributed by atoms with Gasteiger partial charge in [-0.1, -0.05) is 0 Å². The zero-order chi connectivity index (χ0) is 14.5. The molecule has 106 valence electrons. The van der Waals surface area contributed by atoms with E-state index in [-0.39, 0.29) is 23.6 Å². The fourth-order valence-corrected chi connectivity index (χ4v) is 1.84. The minimum Gasteiger partial charge on any atom is -0.381 e. The summed E-state index contributed by atoms with van der Waals surface area (Å²) in [5, 5.41) is 7.19. The Bertz CT molecular complexity index is 560. The summed E-state index contributed by atoms with van der Waals surface area (Å²) in [7, 11) is -3.94. The second kappa shape index (κ2) is 6.60. The molecule has 6 nitrogen and oxygen atoms in total. The number of benzene rings is 1. The fourth-order valence-electron chi connectivity index (χ4n) is 1.30. The number of rotatable bonds is 6. The molecular weight excluding hydrogens is 275 g/mol. The molecule has 0 aromatic heterocycles. The van der Waals surface area contributed by atoms with Crippen molar-refractivity contribution in [2.24, 2.45) is 5.14 Å². The maximum Gasteiger partial charge on any atom is 0.238 e. The predicted molar refractivity (Wildman–Crippen MR) is 67.5 cm³/mol. The number of hydrogen-bond acceptors (Lipinski definition) is 4. The highest BCUT2D eigenvalue weighted by Crippen LogP contribution is 2.18. The maximum atomic E-state index is 13.4. The summed E-state index contributed by atoms with van der Waals surface area (Å²) in [6.07, 6.45) is 0.0485. The van der Waals surface area contributed by atoms with Crippen molar-refractivity contribution in [1.29, 1.82) is 0 Å². The lowest BCUT2D eigenvalue weighted by molar-refractivity contribution is -0.117. The summed E-state index contributed by atoms with van der Waals surface area (Å²) in [5.41, 5.74) is -0.229. The molecule has 1 amide bonds. The highest BCUT2D eigenvalue weighted by atomic mass is 32.2. The van der Waals surface area contributed by atoms with Crippen molar-refractivity contribution < 1.29 is 22.3 Å². The smallest absolute Gasteiger partial charge is 0.238 e. The minimum atomic E-state index is -3.94. The van der Waals surface area contributed by atoms with E-state index in [1.165, 1.54) is 0 Å². The monoisotopic (exact) mass is 290 g/mol. The van der Waals surface area contributed by atoms with Crippen molar-refractivity contribution in [3.63, 3.8) is 0 Å². The Morgan fingerprint density at radius 3 is 2.74 bits per heavy atom. The summed E-state index contributed by atoms with van der Waals surface area (Å²) in [4.78, 5) is 11.2. The van der Waals surface area contributed by atoms with Gasteiger partial charge in [0, 0.05) is 6.61 Å². The van der Waals surface area contributed by atoms with Gasteiger partial charge in [0.1, 0.15) is 5.82 Å². The topological polar surface area (TPSA) is 98.5 Å². The molecule has 8 heteroatoms. The van der Waals surface area contributed by atoms with E-state index in [1.807, 2.05) is 0 Å². The highest BCUT2D eigenvalue weighted by molar-refractivity contribution is 7.89. The first-order chi connectivity index (χ1) is 8.84. The van der Waals surface area contributed by atoms with Gasteiger partial charge in [-0.25, -0.2) is 17.9 Å². The zero-order valence-electron chi connectivity index (χ0n) is 10.3. The van der Waals surface area contributed by atoms with Crippen LogP contribution >= 0.6 is 0 Å². The molecule has 19 heavy (non-hydrogen) atoms. The summed E-state index contributed by atoms with van der Waals surface area (Å²) in [6.45, 7) is 2.47. The number of nitrogens with one attached hydrogen (secondary N) is 1. The molecule has 0 unspecified atom stereocenters. The largest absolute Gasteiger partial charge is 0.381 e. The third-order valence-electron chi connectivity index (χ3n) is 2.22. The van der Waals surface area contributed by atoms with Gasteiger partial charge in [0.2, 0.25) is 15.9 Å². The number of nitrogens with two attached hydrogens (primary N) is 1. The van der Waals surface area contributed by atoms with Gasteiger partial charge in [0.05, 0.1) is 23.6 Å². The zero-order valence-corrected chi connectivity index (χ0v) is 11.2. The van der Waals surface area contributed by atoms with Crippen molar-refractivity contribution in [2.75, 3.05) is 18.5 Å². The Morgan fingerprint density at radius 1 is 1.47 bits per heavy atom. The Morgan fingerprint density at radius 2 is 2.16 bits per heavy atom. The molecule has 1 aromatic rings. The molecule has 0 radical (unpaired) electrons. The van der Waals surface area contributed by atoms with Crippen LogP contribution in [0.1, 0.15) is 13.3 Å². The van der Waals surface area contributed by atoms with E-state index in [1.54, 1.807) is 6.92 Å². The minimum absolute atomic E-state index is 0.0485. The van der Waals surface area contributed by atoms with Crippen molar-refractivity contribution in [3.05, 3.63) is 24.0 Å². The summed E-state index contributed by atoms with van der Waals surface area (Å²) < 4.78 is 40.6. The van der Waals surface area contributed by atoms with Crippen LogP contribution < -0.4 is 10.5 Å². The highest BCUT2D eigenvalue weighted by Gasteiger charge is 2.13. The average Bonchev–Trinajstić information content (AvgIpc) is 2.31. The summed E-state index contributed by atoms with van der Waals surface area (Å²) >= 11 is 0. The first kappa shape index (κ1) is 15.5. The van der Waals surface area contributed by atoms with Gasteiger partial charge in [0.25, 0.3) is 0 Å². The summed E-state index contributed by atoms with van der Waals surface area (Å²) in [5.74, 6) is -1.21. The molecule has 1 aromatic carbocycles. The number of ether oxygens (including phenoxy) is 1. The van der Waals surface area contributed by atoms with E-state index >= 15 is 0 Å². The number of hydrogen-bond donors (Lipinski definition) is 2. The molecule has 0 fully saturated rings. The van der Waals surface area contributed by atoms with Crippen molar-refractivity contribution >= 4 is 21.6 Å². The van der Waals surface area contributed by atoms with Gasteiger partial charge in [-0.2, -0.15) is 0 Å². The fraction of sp³-hybridized carbons (Fsp3) is 0.364. The van der Waals surface area contributed by atoms with Gasteiger partial charge in [-0.3, -0.25) is 4.79 Å². The van der Waals surface area contributed by atoms with Crippen LogP contribution in [0.15, 0.2) is 23.1 Å². The Labute approximate surface area is 110 Å². The van der Waals surface area contributed by atoms with Gasteiger partial charge in [-0.15, -0.1) is 0 Å². The third kappa shape index (κ3) is 4.93. The van der Waals surface area contributed by atoms with Gasteiger partial charge in [0.15, 0.2) is 0 Å². The van der Waals surface area contributed by atoms with Crippen LogP contribution in [0.5, 0.6) is 0 Å². The third-order valence-corrected chi connectivity index (χ3v) is 3.13. The normalized spacial score (nSPS) is 11.3. The molecule has 0 spiro atoms. The molecule has 1 rings (SSSR count). The average molecular weight is 290 g/mol. The molecule has 0 atom stereocenters. The molecule has 0 bridgehead atoms. The van der Waals surface area contributed by atoms with E-state index in [0.717, 1.165) is 18.2 Å².